The van der Waals surface area contributed by atoms with Crippen molar-refractivity contribution in [2.75, 3.05) is 17.2 Å². The van der Waals surface area contributed by atoms with Gasteiger partial charge in [0.1, 0.15) is 6.54 Å². The molecule has 2 aromatic rings. The Morgan fingerprint density at radius 1 is 1.14 bits per heavy atom. The molecule has 0 fully saturated rings. The van der Waals surface area contributed by atoms with Gasteiger partial charge in [0.05, 0.1) is 11.4 Å². The van der Waals surface area contributed by atoms with Crippen LogP contribution in [0.5, 0.6) is 0 Å². The van der Waals surface area contributed by atoms with Crippen molar-refractivity contribution in [3.8, 4) is 0 Å². The van der Waals surface area contributed by atoms with Crippen LogP contribution in [-0.2, 0) is 4.79 Å². The fourth-order valence-electron chi connectivity index (χ4n) is 1.91. The first-order chi connectivity index (χ1) is 9.99. The smallest absolute Gasteiger partial charge is 0.323 e. The van der Waals surface area contributed by atoms with E-state index in [-0.39, 0.29) is 0 Å². The molecule has 2 rings (SSSR count). The number of aliphatic carboxylic acids is 1. The highest BCUT2D eigenvalue weighted by Gasteiger charge is 2.22. The first kappa shape index (κ1) is 14.9. The number of amides is 1. The summed E-state index contributed by atoms with van der Waals surface area (Å²) in [5.74, 6) is -1.61. The molecule has 0 atom stereocenters. The van der Waals surface area contributed by atoms with Crippen molar-refractivity contribution in [3.05, 3.63) is 59.1 Å². The summed E-state index contributed by atoms with van der Waals surface area (Å²) in [5.41, 5.74) is 6.81. The minimum atomic E-state index is -1.13. The van der Waals surface area contributed by atoms with E-state index in [0.717, 1.165) is 4.90 Å². The molecule has 21 heavy (non-hydrogen) atoms. The standard InChI is InChI=1S/C15H13ClN2O3/c16-11-5-3-4-10(8-11)15(21)18(9-14(19)20)13-7-2-1-6-12(13)17/h1-8H,9,17H2,(H,19,20). The predicted octanol–water partition coefficient (Wildman–Crippen LogP) is 2.65. The van der Waals surface area contributed by atoms with Crippen LogP contribution in [-0.4, -0.2) is 23.5 Å². The molecule has 0 unspecified atom stereocenters. The van der Waals surface area contributed by atoms with E-state index in [1.54, 1.807) is 42.5 Å². The molecule has 0 aliphatic rings. The number of anilines is 2. The number of carboxylic acid groups (broad SMARTS) is 1. The zero-order valence-electron chi connectivity index (χ0n) is 11.0. The van der Waals surface area contributed by atoms with Crippen molar-refractivity contribution in [1.82, 2.24) is 0 Å². The molecule has 0 saturated carbocycles. The molecule has 1 amide bonds. The zero-order valence-corrected chi connectivity index (χ0v) is 11.7. The van der Waals surface area contributed by atoms with Gasteiger partial charge in [0, 0.05) is 10.6 Å². The van der Waals surface area contributed by atoms with Crippen molar-refractivity contribution in [1.29, 1.82) is 0 Å². The van der Waals surface area contributed by atoms with Crippen LogP contribution in [0.25, 0.3) is 0 Å². The van der Waals surface area contributed by atoms with Gasteiger partial charge in [-0.3, -0.25) is 14.5 Å². The van der Waals surface area contributed by atoms with Gasteiger partial charge >= 0.3 is 5.97 Å². The summed E-state index contributed by atoms with van der Waals surface area (Å²) in [6, 6.07) is 12.9. The fourth-order valence-corrected chi connectivity index (χ4v) is 2.10. The summed E-state index contributed by atoms with van der Waals surface area (Å²) < 4.78 is 0. The molecule has 0 saturated heterocycles. The van der Waals surface area contributed by atoms with Crippen LogP contribution < -0.4 is 10.6 Å². The van der Waals surface area contributed by atoms with E-state index >= 15 is 0 Å². The molecule has 0 heterocycles. The van der Waals surface area contributed by atoms with Crippen LogP contribution in [0.1, 0.15) is 10.4 Å². The Labute approximate surface area is 126 Å². The number of hydrogen-bond donors (Lipinski definition) is 2. The Morgan fingerprint density at radius 2 is 1.86 bits per heavy atom. The Bertz CT molecular complexity index is 688. The van der Waals surface area contributed by atoms with E-state index in [1.165, 1.54) is 6.07 Å². The third-order valence-corrected chi connectivity index (χ3v) is 3.07. The highest BCUT2D eigenvalue weighted by molar-refractivity contribution is 6.31. The summed E-state index contributed by atoms with van der Waals surface area (Å²) in [6.07, 6.45) is 0. The number of nitrogen functional groups attached to an aromatic ring is 1. The topological polar surface area (TPSA) is 83.6 Å². The molecule has 3 N–H and O–H groups in total. The SMILES string of the molecule is Nc1ccccc1N(CC(=O)O)C(=O)c1cccc(Cl)c1. The summed E-state index contributed by atoms with van der Waals surface area (Å²) in [4.78, 5) is 24.7. The Balaban J connectivity index is 2.43. The van der Waals surface area contributed by atoms with Crippen molar-refractivity contribution in [3.63, 3.8) is 0 Å². The lowest BCUT2D eigenvalue weighted by molar-refractivity contribution is -0.135. The van der Waals surface area contributed by atoms with E-state index in [4.69, 9.17) is 22.4 Å². The lowest BCUT2D eigenvalue weighted by Crippen LogP contribution is -2.36. The maximum atomic E-state index is 12.5. The van der Waals surface area contributed by atoms with Gasteiger partial charge in [-0.05, 0) is 30.3 Å². The molecule has 5 nitrogen and oxygen atoms in total. The number of para-hydroxylation sites is 2. The molecule has 0 bridgehead atoms. The molecule has 0 spiro atoms. The lowest BCUT2D eigenvalue weighted by Gasteiger charge is -2.22. The number of carbonyl (C=O) groups is 2. The second-order valence-electron chi connectivity index (χ2n) is 4.35. The Kier molecular flexibility index (Phi) is 4.45. The quantitative estimate of drug-likeness (QED) is 0.851. The normalized spacial score (nSPS) is 10.1. The van der Waals surface area contributed by atoms with Gasteiger partial charge in [-0.25, -0.2) is 0 Å². The van der Waals surface area contributed by atoms with E-state index < -0.39 is 18.4 Å². The van der Waals surface area contributed by atoms with Crippen molar-refractivity contribution < 1.29 is 14.7 Å². The summed E-state index contributed by atoms with van der Waals surface area (Å²) in [7, 11) is 0. The van der Waals surface area contributed by atoms with Gasteiger partial charge < -0.3 is 10.8 Å². The number of rotatable bonds is 4. The fraction of sp³-hybridized carbons (Fsp3) is 0.0667. The molecule has 0 aromatic heterocycles. The third-order valence-electron chi connectivity index (χ3n) is 2.84. The van der Waals surface area contributed by atoms with Crippen LogP contribution >= 0.6 is 11.6 Å². The highest BCUT2D eigenvalue weighted by Crippen LogP contribution is 2.24. The summed E-state index contributed by atoms with van der Waals surface area (Å²) in [6.45, 7) is -0.487. The summed E-state index contributed by atoms with van der Waals surface area (Å²) >= 11 is 5.86. The molecule has 0 radical (unpaired) electrons. The average Bonchev–Trinajstić information content (AvgIpc) is 2.45. The van der Waals surface area contributed by atoms with Crippen molar-refractivity contribution >= 4 is 34.9 Å². The zero-order chi connectivity index (χ0) is 15.4. The Hall–Kier alpha value is -2.53. The molecule has 2 aromatic carbocycles. The minimum Gasteiger partial charge on any atom is -0.480 e. The van der Waals surface area contributed by atoms with Gasteiger partial charge in [-0.2, -0.15) is 0 Å². The van der Waals surface area contributed by atoms with E-state index in [9.17, 15) is 9.59 Å². The van der Waals surface area contributed by atoms with Crippen molar-refractivity contribution in [2.45, 2.75) is 0 Å². The molecule has 6 heteroatoms. The first-order valence-corrected chi connectivity index (χ1v) is 6.50. The maximum Gasteiger partial charge on any atom is 0.323 e. The lowest BCUT2D eigenvalue weighted by atomic mass is 10.1. The van der Waals surface area contributed by atoms with Gasteiger partial charge in [0.15, 0.2) is 0 Å². The van der Waals surface area contributed by atoms with Gasteiger partial charge in [0.2, 0.25) is 0 Å². The van der Waals surface area contributed by atoms with Crippen LogP contribution in [0.4, 0.5) is 11.4 Å². The largest absolute Gasteiger partial charge is 0.480 e. The van der Waals surface area contributed by atoms with E-state index in [1.807, 2.05) is 0 Å². The summed E-state index contributed by atoms with van der Waals surface area (Å²) in [5, 5.41) is 9.43. The second-order valence-corrected chi connectivity index (χ2v) is 4.79. The van der Waals surface area contributed by atoms with Crippen LogP contribution in [0.15, 0.2) is 48.5 Å². The van der Waals surface area contributed by atoms with Crippen LogP contribution in [0.2, 0.25) is 5.02 Å². The Morgan fingerprint density at radius 3 is 2.48 bits per heavy atom. The van der Waals surface area contributed by atoms with E-state index in [2.05, 4.69) is 0 Å². The van der Waals surface area contributed by atoms with Crippen LogP contribution in [0, 0.1) is 0 Å². The number of nitrogens with two attached hydrogens (primary N) is 1. The van der Waals surface area contributed by atoms with Gasteiger partial charge in [0.25, 0.3) is 5.91 Å². The number of benzene rings is 2. The number of hydrogen-bond acceptors (Lipinski definition) is 3. The van der Waals surface area contributed by atoms with E-state index in [0.29, 0.717) is 22.0 Å². The molecule has 0 aliphatic heterocycles. The van der Waals surface area contributed by atoms with Crippen molar-refractivity contribution in [2.24, 2.45) is 0 Å². The average molecular weight is 305 g/mol. The van der Waals surface area contributed by atoms with Gasteiger partial charge in [-0.1, -0.05) is 29.8 Å². The second kappa shape index (κ2) is 6.28. The number of nitrogens with zero attached hydrogens (tertiary/aromatic N) is 1. The first-order valence-electron chi connectivity index (χ1n) is 6.13. The molecular weight excluding hydrogens is 292 g/mol. The molecule has 0 aliphatic carbocycles. The molecule has 108 valence electrons. The third kappa shape index (κ3) is 3.52. The van der Waals surface area contributed by atoms with Crippen LogP contribution in [0.3, 0.4) is 0 Å². The monoisotopic (exact) mass is 304 g/mol. The number of carboxylic acids is 1. The van der Waals surface area contributed by atoms with Gasteiger partial charge in [-0.15, -0.1) is 0 Å². The molecular formula is C15H13ClN2O3. The minimum absolute atomic E-state index is 0.298. The maximum absolute atomic E-state index is 12.5. The predicted molar refractivity (Wildman–Crippen MR) is 81.6 cm³/mol. The number of carbonyl (C=O) groups excluding carboxylic acids is 1. The highest BCUT2D eigenvalue weighted by atomic mass is 35.5. The number of halogens is 1.